The summed E-state index contributed by atoms with van der Waals surface area (Å²) in [5.74, 6) is 1.06. The van der Waals surface area contributed by atoms with Crippen LogP contribution in [-0.2, 0) is 29.0 Å². The number of aryl methyl sites for hydroxylation is 1. The van der Waals surface area contributed by atoms with Gasteiger partial charge in [0.2, 0.25) is 11.8 Å². The Balaban J connectivity index is 1.69. The number of amides is 2. The highest BCUT2D eigenvalue weighted by Crippen LogP contribution is 2.37. The van der Waals surface area contributed by atoms with Gasteiger partial charge in [-0.1, -0.05) is 0 Å². The standard InChI is InChI=1S/C22H25N3O5S/c1-29-15-4-5-18(30-2)14(11-15)3-6-20(27)24-22-17(12-23)16-7-9-25(13-19(16)31-22)21(28)8-10-26/h4-5,11,26H,3,6-10,13H2,1-2H3,(H,24,27). The van der Waals surface area contributed by atoms with E-state index in [4.69, 9.17) is 14.6 Å². The Morgan fingerprint density at radius 2 is 2.10 bits per heavy atom. The third-order valence-electron chi connectivity index (χ3n) is 5.21. The second kappa shape index (κ2) is 10.3. The molecule has 1 aromatic carbocycles. The molecule has 8 nitrogen and oxygen atoms in total. The molecule has 0 spiro atoms. The quantitative estimate of drug-likeness (QED) is 0.648. The zero-order valence-electron chi connectivity index (χ0n) is 17.6. The molecule has 0 radical (unpaired) electrons. The molecular formula is C22H25N3O5S. The van der Waals surface area contributed by atoms with E-state index < -0.39 is 0 Å². The molecule has 0 atom stereocenters. The molecule has 0 aliphatic carbocycles. The predicted octanol–water partition coefficient (Wildman–Crippen LogP) is 2.48. The highest BCUT2D eigenvalue weighted by Gasteiger charge is 2.27. The van der Waals surface area contributed by atoms with E-state index in [0.29, 0.717) is 48.0 Å². The van der Waals surface area contributed by atoms with Crippen molar-refractivity contribution >= 4 is 28.2 Å². The van der Waals surface area contributed by atoms with Crippen molar-refractivity contribution in [2.75, 3.05) is 32.7 Å². The number of aliphatic hydroxyl groups is 1. The first-order valence-electron chi connectivity index (χ1n) is 9.94. The predicted molar refractivity (Wildman–Crippen MR) is 116 cm³/mol. The van der Waals surface area contributed by atoms with E-state index in [0.717, 1.165) is 16.0 Å². The van der Waals surface area contributed by atoms with Crippen molar-refractivity contribution in [1.82, 2.24) is 4.90 Å². The molecule has 0 fully saturated rings. The summed E-state index contributed by atoms with van der Waals surface area (Å²) in [5, 5.41) is 22.0. The Morgan fingerprint density at radius 1 is 1.29 bits per heavy atom. The fourth-order valence-electron chi connectivity index (χ4n) is 3.59. The van der Waals surface area contributed by atoms with Crippen molar-refractivity contribution in [3.63, 3.8) is 0 Å². The van der Waals surface area contributed by atoms with Crippen LogP contribution in [0.25, 0.3) is 0 Å². The van der Waals surface area contributed by atoms with Crippen LogP contribution >= 0.6 is 11.3 Å². The number of benzene rings is 1. The molecule has 31 heavy (non-hydrogen) atoms. The van der Waals surface area contributed by atoms with Gasteiger partial charge >= 0.3 is 0 Å². The van der Waals surface area contributed by atoms with Crippen LogP contribution in [-0.4, -0.2) is 49.2 Å². The van der Waals surface area contributed by atoms with Crippen molar-refractivity contribution in [2.24, 2.45) is 0 Å². The molecule has 164 valence electrons. The zero-order chi connectivity index (χ0) is 22.4. The molecule has 9 heteroatoms. The molecule has 0 bridgehead atoms. The summed E-state index contributed by atoms with van der Waals surface area (Å²) in [5.41, 5.74) is 2.23. The Kier molecular flexibility index (Phi) is 7.50. The van der Waals surface area contributed by atoms with Gasteiger partial charge in [-0.05, 0) is 42.2 Å². The van der Waals surface area contributed by atoms with E-state index in [1.165, 1.54) is 11.3 Å². The number of aliphatic hydroxyl groups excluding tert-OH is 1. The molecule has 1 aliphatic rings. The molecule has 1 aromatic heterocycles. The molecule has 1 aliphatic heterocycles. The second-order valence-electron chi connectivity index (χ2n) is 7.08. The fourth-order valence-corrected chi connectivity index (χ4v) is 4.82. The topological polar surface area (TPSA) is 112 Å². The molecule has 2 N–H and O–H groups in total. The lowest BCUT2D eigenvalue weighted by Gasteiger charge is -2.26. The van der Waals surface area contributed by atoms with Crippen LogP contribution in [0.15, 0.2) is 18.2 Å². The molecule has 0 saturated carbocycles. The van der Waals surface area contributed by atoms with Gasteiger partial charge in [0.15, 0.2) is 0 Å². The number of hydrogen-bond donors (Lipinski definition) is 2. The Labute approximate surface area is 185 Å². The molecule has 2 heterocycles. The fraction of sp³-hybridized carbons (Fsp3) is 0.409. The first-order valence-corrected chi connectivity index (χ1v) is 10.8. The van der Waals surface area contributed by atoms with Gasteiger partial charge in [-0.3, -0.25) is 9.59 Å². The van der Waals surface area contributed by atoms with Crippen LogP contribution in [0.1, 0.15) is 34.4 Å². The second-order valence-corrected chi connectivity index (χ2v) is 8.19. The van der Waals surface area contributed by atoms with Crippen molar-refractivity contribution in [3.05, 3.63) is 39.8 Å². The number of carbonyl (C=O) groups is 2. The van der Waals surface area contributed by atoms with Gasteiger partial charge in [-0.15, -0.1) is 11.3 Å². The number of hydrogen-bond acceptors (Lipinski definition) is 7. The summed E-state index contributed by atoms with van der Waals surface area (Å²) in [6.45, 7) is 0.708. The maximum atomic E-state index is 12.6. The Bertz CT molecular complexity index is 1010. The van der Waals surface area contributed by atoms with E-state index in [-0.39, 0.29) is 31.3 Å². The Hall–Kier alpha value is -3.09. The molecular weight excluding hydrogens is 418 g/mol. The maximum absolute atomic E-state index is 12.6. The third-order valence-corrected chi connectivity index (χ3v) is 6.34. The maximum Gasteiger partial charge on any atom is 0.225 e. The van der Waals surface area contributed by atoms with E-state index in [1.54, 1.807) is 31.3 Å². The average molecular weight is 444 g/mol. The molecule has 3 rings (SSSR count). The Morgan fingerprint density at radius 3 is 2.77 bits per heavy atom. The van der Waals surface area contributed by atoms with Crippen molar-refractivity contribution in [1.29, 1.82) is 5.26 Å². The monoisotopic (exact) mass is 443 g/mol. The summed E-state index contributed by atoms with van der Waals surface area (Å²) in [6, 6.07) is 7.64. The van der Waals surface area contributed by atoms with Gasteiger partial charge in [-0.25, -0.2) is 0 Å². The highest BCUT2D eigenvalue weighted by atomic mass is 32.1. The number of anilines is 1. The van der Waals surface area contributed by atoms with Gasteiger partial charge in [-0.2, -0.15) is 5.26 Å². The lowest BCUT2D eigenvalue weighted by molar-refractivity contribution is -0.132. The summed E-state index contributed by atoms with van der Waals surface area (Å²) < 4.78 is 10.6. The van der Waals surface area contributed by atoms with Crippen molar-refractivity contribution in [2.45, 2.75) is 32.2 Å². The van der Waals surface area contributed by atoms with Gasteiger partial charge in [0.1, 0.15) is 22.6 Å². The minimum Gasteiger partial charge on any atom is -0.497 e. The smallest absolute Gasteiger partial charge is 0.225 e. The lowest BCUT2D eigenvalue weighted by Crippen LogP contribution is -2.35. The van der Waals surface area contributed by atoms with Gasteiger partial charge in [0.25, 0.3) is 0 Å². The van der Waals surface area contributed by atoms with Crippen LogP contribution in [0.4, 0.5) is 5.00 Å². The number of thiophene rings is 1. The molecule has 0 unspecified atom stereocenters. The number of methoxy groups -OCH3 is 2. The first kappa shape index (κ1) is 22.6. The van der Waals surface area contributed by atoms with Crippen LogP contribution in [0.2, 0.25) is 0 Å². The summed E-state index contributed by atoms with van der Waals surface area (Å²) >= 11 is 1.33. The number of rotatable bonds is 8. The summed E-state index contributed by atoms with van der Waals surface area (Å²) in [4.78, 5) is 27.3. The van der Waals surface area contributed by atoms with Crippen LogP contribution in [0, 0.1) is 11.3 Å². The lowest BCUT2D eigenvalue weighted by atomic mass is 10.0. The molecule has 2 amide bonds. The zero-order valence-corrected chi connectivity index (χ0v) is 18.4. The van der Waals surface area contributed by atoms with Gasteiger partial charge in [0.05, 0.1) is 32.9 Å². The van der Waals surface area contributed by atoms with E-state index in [9.17, 15) is 14.9 Å². The normalized spacial score (nSPS) is 12.6. The van der Waals surface area contributed by atoms with E-state index in [2.05, 4.69) is 11.4 Å². The van der Waals surface area contributed by atoms with Crippen LogP contribution in [0.5, 0.6) is 11.5 Å². The van der Waals surface area contributed by atoms with Crippen LogP contribution < -0.4 is 14.8 Å². The molecule has 0 saturated heterocycles. The minimum atomic E-state index is -0.201. The first-order chi connectivity index (χ1) is 15.0. The van der Waals surface area contributed by atoms with Crippen molar-refractivity contribution < 1.29 is 24.2 Å². The largest absolute Gasteiger partial charge is 0.497 e. The number of nitrogens with one attached hydrogen (secondary N) is 1. The number of nitriles is 1. The number of carbonyl (C=O) groups excluding carboxylic acids is 2. The number of fused-ring (bicyclic) bond motifs is 1. The molecule has 2 aromatic rings. The minimum absolute atomic E-state index is 0.0865. The average Bonchev–Trinajstić information content (AvgIpc) is 3.13. The number of ether oxygens (including phenoxy) is 2. The summed E-state index contributed by atoms with van der Waals surface area (Å²) in [6.07, 6.45) is 1.33. The summed E-state index contributed by atoms with van der Waals surface area (Å²) in [7, 11) is 3.16. The van der Waals surface area contributed by atoms with Gasteiger partial charge < -0.3 is 24.8 Å². The van der Waals surface area contributed by atoms with Crippen LogP contribution in [0.3, 0.4) is 0 Å². The van der Waals surface area contributed by atoms with Crippen molar-refractivity contribution in [3.8, 4) is 17.6 Å². The van der Waals surface area contributed by atoms with E-state index in [1.807, 2.05) is 6.07 Å². The highest BCUT2D eigenvalue weighted by molar-refractivity contribution is 7.16. The number of nitrogens with zero attached hydrogens (tertiary/aromatic N) is 2. The SMILES string of the molecule is COc1ccc(OC)c(CCC(=O)Nc2sc3c(c2C#N)CCN(C(=O)CCO)C3)c1. The van der Waals surface area contributed by atoms with E-state index >= 15 is 0 Å². The van der Waals surface area contributed by atoms with Gasteiger partial charge in [0, 0.05) is 24.3 Å². The third kappa shape index (κ3) is 5.16.